The lowest BCUT2D eigenvalue weighted by atomic mass is 10.6. The molecule has 1 aromatic rings. The summed E-state index contributed by atoms with van der Waals surface area (Å²) in [4.78, 5) is 40.0. The maximum Gasteiger partial charge on any atom is 0.438 e. The van der Waals surface area contributed by atoms with Gasteiger partial charge in [-0.15, -0.1) is 16.6 Å². The molecule has 0 saturated heterocycles. The zero-order valence-corrected chi connectivity index (χ0v) is 8.09. The summed E-state index contributed by atoms with van der Waals surface area (Å²) < 4.78 is 0. The molecule has 15 nitrogen and oxygen atoms in total. The summed E-state index contributed by atoms with van der Waals surface area (Å²) in [7, 11) is 0. The first-order chi connectivity index (χ1) is 8.58. The molecule has 0 saturated carbocycles. The van der Waals surface area contributed by atoms with E-state index in [0.717, 1.165) is 0 Å². The molecule has 0 radical (unpaired) electrons. The van der Waals surface area contributed by atoms with Crippen molar-refractivity contribution in [1.82, 2.24) is 14.5 Å². The van der Waals surface area contributed by atoms with Crippen LogP contribution in [0.2, 0.25) is 0 Å². The number of rotatable bonds is 3. The lowest BCUT2D eigenvalue weighted by Crippen LogP contribution is -2.52. The quantitative estimate of drug-likeness (QED) is 0.298. The molecule has 18 heavy (non-hydrogen) atoms. The molecular weight excluding hydrogens is 252 g/mol. The van der Waals surface area contributed by atoms with Crippen molar-refractivity contribution in [3.63, 3.8) is 0 Å². The van der Waals surface area contributed by atoms with Gasteiger partial charge in [0, 0.05) is 10.4 Å². The Kier molecular flexibility index (Phi) is 3.39. The topological polar surface area (TPSA) is 212 Å². The van der Waals surface area contributed by atoms with E-state index in [-0.39, 0.29) is 14.5 Å². The predicted molar refractivity (Wildman–Crippen MR) is 52.9 cm³/mol. The van der Waals surface area contributed by atoms with Gasteiger partial charge in [0.2, 0.25) is 0 Å². The van der Waals surface area contributed by atoms with Crippen molar-refractivity contribution < 1.29 is 0 Å². The minimum absolute atomic E-state index is 0.00843. The van der Waals surface area contributed by atoms with Gasteiger partial charge >= 0.3 is 16.5 Å². The molecule has 1 rings (SSSR count). The van der Waals surface area contributed by atoms with Crippen LogP contribution < -0.4 is 16.5 Å². The smallest absolute Gasteiger partial charge is 0.272 e. The Morgan fingerprint density at radius 3 is 1.50 bits per heavy atom. The number of nitrogens with zero attached hydrogens (tertiary/aromatic N) is 12. The molecule has 0 N–H and O–H groups in total. The molecule has 0 atom stereocenters. The molecule has 0 aliphatic carbocycles. The Morgan fingerprint density at radius 1 is 0.778 bits per heavy atom. The molecule has 0 fully saturated rings. The van der Waals surface area contributed by atoms with Gasteiger partial charge in [0.15, 0.2) is 0 Å². The maximum atomic E-state index is 11.3. The minimum atomic E-state index is -1.64. The van der Waals surface area contributed by atoms with Crippen LogP contribution in [0, 0.1) is 0 Å². The van der Waals surface area contributed by atoms with Crippen LogP contribution >= 0.6 is 0 Å². The van der Waals surface area contributed by atoms with Crippen molar-refractivity contribution in [1.29, 1.82) is 0 Å². The first kappa shape index (κ1) is 12.4. The fourth-order valence-electron chi connectivity index (χ4n) is 0.856. The van der Waals surface area contributed by atoms with Crippen LogP contribution in [0.1, 0.15) is 0 Å². The Labute approximate surface area is 93.5 Å². The third kappa shape index (κ3) is 1.84. The van der Waals surface area contributed by atoms with Gasteiger partial charge in [-0.05, 0) is 0 Å². The summed E-state index contributed by atoms with van der Waals surface area (Å²) in [5, 5.41) is 8.18. The van der Waals surface area contributed by atoms with Crippen LogP contribution in [-0.2, 0) is 0 Å². The molecule has 0 spiro atoms. The standard InChI is InChI=1S/C3N12O3/c4-7-10-13-2(17)1(16)3(18)14(11-8-5)15(13)12-9-6. The fourth-order valence-corrected chi connectivity index (χ4v) is 0.856. The Morgan fingerprint density at radius 2 is 1.17 bits per heavy atom. The van der Waals surface area contributed by atoms with E-state index >= 15 is 0 Å². The van der Waals surface area contributed by atoms with E-state index < -0.39 is 16.5 Å². The lowest BCUT2D eigenvalue weighted by Gasteiger charge is -1.93. The summed E-state index contributed by atoms with van der Waals surface area (Å²) >= 11 is 0. The lowest BCUT2D eigenvalue weighted by molar-refractivity contribution is 0.352. The zero-order chi connectivity index (χ0) is 13.7. The average Bonchev–Trinajstić information content (AvgIpc) is 2.36. The van der Waals surface area contributed by atoms with Crippen molar-refractivity contribution in [2.75, 3.05) is 0 Å². The van der Waals surface area contributed by atoms with Crippen molar-refractivity contribution in [3.05, 3.63) is 62.3 Å². The molecule has 1 aromatic heterocycles. The van der Waals surface area contributed by atoms with Crippen molar-refractivity contribution in [2.24, 2.45) is 15.7 Å². The van der Waals surface area contributed by atoms with E-state index in [4.69, 9.17) is 16.6 Å². The molecular formula is C3N12O3. The molecule has 15 heteroatoms. The van der Waals surface area contributed by atoms with Gasteiger partial charge in [-0.25, -0.2) is 9.59 Å². The second kappa shape index (κ2) is 4.91. The largest absolute Gasteiger partial charge is 0.438 e. The van der Waals surface area contributed by atoms with Crippen molar-refractivity contribution in [2.45, 2.75) is 0 Å². The van der Waals surface area contributed by atoms with Crippen LogP contribution in [0.5, 0.6) is 0 Å². The van der Waals surface area contributed by atoms with E-state index in [2.05, 4.69) is 30.4 Å². The van der Waals surface area contributed by atoms with Crippen LogP contribution in [0.4, 0.5) is 0 Å². The third-order valence-electron chi connectivity index (χ3n) is 1.46. The highest BCUT2D eigenvalue weighted by molar-refractivity contribution is 4.84. The molecule has 0 aliphatic heterocycles. The van der Waals surface area contributed by atoms with Gasteiger partial charge in [0.1, 0.15) is 4.91 Å². The van der Waals surface area contributed by atoms with Gasteiger partial charge in [0.05, 0.1) is 14.8 Å². The molecule has 0 amide bonds. The summed E-state index contributed by atoms with van der Waals surface area (Å²) in [5.41, 5.74) is 19.8. The SMILES string of the molecule is [N-]=[N+]=Nn1c(=O)c(=O)c(=O)n(N=[N+]=[N-])n1N=[N+]=[N-]. The summed E-state index contributed by atoms with van der Waals surface area (Å²) in [6.07, 6.45) is 0. The second-order valence-electron chi connectivity index (χ2n) is 2.32. The molecule has 1 heterocycles. The van der Waals surface area contributed by atoms with Crippen LogP contribution in [0.25, 0.3) is 31.3 Å². The van der Waals surface area contributed by atoms with E-state index in [9.17, 15) is 14.4 Å². The Balaban J connectivity index is 4.18. The van der Waals surface area contributed by atoms with Crippen LogP contribution in [-0.4, -0.2) is 14.5 Å². The van der Waals surface area contributed by atoms with Crippen LogP contribution in [0.3, 0.4) is 0 Å². The zero-order valence-electron chi connectivity index (χ0n) is 8.09. The Hall–Kier alpha value is -3.66. The number of aromatic nitrogens is 3. The van der Waals surface area contributed by atoms with Gasteiger partial charge in [-0.3, -0.25) is 4.79 Å². The van der Waals surface area contributed by atoms with Crippen LogP contribution in [0.15, 0.2) is 30.1 Å². The van der Waals surface area contributed by atoms with Gasteiger partial charge < -0.3 is 0 Å². The minimum Gasteiger partial charge on any atom is -0.272 e. The summed E-state index contributed by atoms with van der Waals surface area (Å²) in [6, 6.07) is 0. The van der Waals surface area contributed by atoms with E-state index in [0.29, 0.717) is 0 Å². The highest BCUT2D eigenvalue weighted by atomic mass is 16.2. The number of hydrogen-bond donors (Lipinski definition) is 0. The highest BCUT2D eigenvalue weighted by Gasteiger charge is 2.25. The average molecular weight is 252 g/mol. The predicted octanol–water partition coefficient (Wildman–Crippen LogP) is -0.608. The van der Waals surface area contributed by atoms with Crippen molar-refractivity contribution in [3.8, 4) is 0 Å². The van der Waals surface area contributed by atoms with Gasteiger partial charge in [-0.2, -0.15) is 14.7 Å². The van der Waals surface area contributed by atoms with E-state index in [1.165, 1.54) is 0 Å². The number of hydrogen-bond acceptors (Lipinski definition) is 6. The first-order valence-corrected chi connectivity index (χ1v) is 3.76. The van der Waals surface area contributed by atoms with E-state index in [1.807, 2.05) is 0 Å². The summed E-state index contributed by atoms with van der Waals surface area (Å²) in [6.45, 7) is 0. The fraction of sp³-hybridized carbons (Fsp3) is 0. The molecule has 0 unspecified atom stereocenters. The van der Waals surface area contributed by atoms with Gasteiger partial charge in [0.25, 0.3) is 0 Å². The molecule has 0 aliphatic rings. The Bertz CT molecular complexity index is 744. The molecule has 90 valence electrons. The second-order valence-corrected chi connectivity index (χ2v) is 2.32. The van der Waals surface area contributed by atoms with Gasteiger partial charge in [-0.1, -0.05) is 0 Å². The molecule has 0 bridgehead atoms. The number of azide groups is 3. The monoisotopic (exact) mass is 252 g/mol. The summed E-state index contributed by atoms with van der Waals surface area (Å²) in [5.74, 6) is 0. The third-order valence-corrected chi connectivity index (χ3v) is 1.46. The first-order valence-electron chi connectivity index (χ1n) is 3.76. The van der Waals surface area contributed by atoms with E-state index in [1.54, 1.807) is 0 Å². The highest BCUT2D eigenvalue weighted by Crippen LogP contribution is 1.85. The molecule has 0 aromatic carbocycles. The maximum absolute atomic E-state index is 11.3. The normalized spacial score (nSPS) is 8.67. The van der Waals surface area contributed by atoms with Crippen molar-refractivity contribution >= 4 is 0 Å².